The first-order chi connectivity index (χ1) is 11.9. The number of carbonyl (C=O) groups excluding carboxylic acids is 2. The number of carbonyl (C=O) groups is 2. The Labute approximate surface area is 149 Å². The van der Waals surface area contributed by atoms with Crippen LogP contribution in [0.15, 0.2) is 30.3 Å². The molecule has 1 atom stereocenters. The molecule has 0 fully saturated rings. The Morgan fingerprint density at radius 1 is 1.36 bits per heavy atom. The Morgan fingerprint density at radius 2 is 2.04 bits per heavy atom. The molecule has 5 N–H and O–H groups in total. The third-order valence-corrected chi connectivity index (χ3v) is 4.54. The van der Waals surface area contributed by atoms with E-state index in [-0.39, 0.29) is 11.9 Å². The molecule has 132 valence electrons. The van der Waals surface area contributed by atoms with Gasteiger partial charge in [0, 0.05) is 17.3 Å². The molecule has 0 aliphatic carbocycles. The summed E-state index contributed by atoms with van der Waals surface area (Å²) in [6, 6.07) is 8.19. The maximum Gasteiger partial charge on any atom is 0.317 e. The molecule has 2 rings (SSSR count). The number of hydrogen-bond donors (Lipinski definition) is 4. The fourth-order valence-corrected chi connectivity index (χ4v) is 3.26. The SMILES string of the molecule is COc1ccc(-c2cc(C(=O)N[C@H](C)CC=N)c(NC(N)=O)s2)cc1. The molecule has 0 saturated heterocycles. The number of urea groups is 1. The summed E-state index contributed by atoms with van der Waals surface area (Å²) in [4.78, 5) is 24.5. The van der Waals surface area contributed by atoms with Crippen molar-refractivity contribution in [2.24, 2.45) is 5.73 Å². The van der Waals surface area contributed by atoms with E-state index in [1.165, 1.54) is 17.6 Å². The van der Waals surface area contributed by atoms with Crippen LogP contribution < -0.4 is 21.1 Å². The normalized spacial score (nSPS) is 11.4. The van der Waals surface area contributed by atoms with Crippen LogP contribution in [0.2, 0.25) is 0 Å². The molecule has 0 spiro atoms. The molecule has 0 aliphatic heterocycles. The first-order valence-electron chi connectivity index (χ1n) is 7.59. The Morgan fingerprint density at radius 3 is 2.60 bits per heavy atom. The minimum absolute atomic E-state index is 0.184. The van der Waals surface area contributed by atoms with Gasteiger partial charge in [-0.25, -0.2) is 4.79 Å². The highest BCUT2D eigenvalue weighted by molar-refractivity contribution is 7.20. The van der Waals surface area contributed by atoms with Crippen molar-refractivity contribution >= 4 is 34.5 Å². The third-order valence-electron chi connectivity index (χ3n) is 3.44. The van der Waals surface area contributed by atoms with Gasteiger partial charge < -0.3 is 21.2 Å². The van der Waals surface area contributed by atoms with Crippen molar-refractivity contribution in [3.63, 3.8) is 0 Å². The molecule has 0 unspecified atom stereocenters. The summed E-state index contributed by atoms with van der Waals surface area (Å²) >= 11 is 1.26. The quantitative estimate of drug-likeness (QED) is 0.568. The smallest absolute Gasteiger partial charge is 0.317 e. The van der Waals surface area contributed by atoms with E-state index in [1.807, 2.05) is 24.3 Å². The van der Waals surface area contributed by atoms with E-state index in [9.17, 15) is 9.59 Å². The van der Waals surface area contributed by atoms with Crippen LogP contribution in [0.4, 0.5) is 9.80 Å². The molecule has 1 aromatic heterocycles. The first kappa shape index (κ1) is 18.5. The highest BCUT2D eigenvalue weighted by Gasteiger charge is 2.19. The van der Waals surface area contributed by atoms with E-state index in [0.29, 0.717) is 17.0 Å². The molecular weight excluding hydrogens is 340 g/mol. The van der Waals surface area contributed by atoms with Crippen LogP contribution in [-0.2, 0) is 0 Å². The lowest BCUT2D eigenvalue weighted by atomic mass is 10.1. The fraction of sp³-hybridized carbons (Fsp3) is 0.235. The lowest BCUT2D eigenvalue weighted by Crippen LogP contribution is -2.33. The van der Waals surface area contributed by atoms with Gasteiger partial charge in [-0.3, -0.25) is 10.1 Å². The van der Waals surface area contributed by atoms with Gasteiger partial charge in [-0.2, -0.15) is 0 Å². The number of hydrogen-bond acceptors (Lipinski definition) is 5. The van der Waals surface area contributed by atoms with Gasteiger partial charge in [0.1, 0.15) is 10.8 Å². The van der Waals surface area contributed by atoms with Crippen LogP contribution in [0.1, 0.15) is 23.7 Å². The molecule has 3 amide bonds. The van der Waals surface area contributed by atoms with E-state index in [4.69, 9.17) is 15.9 Å². The van der Waals surface area contributed by atoms with E-state index < -0.39 is 6.03 Å². The minimum atomic E-state index is -0.732. The van der Waals surface area contributed by atoms with Gasteiger partial charge in [-0.05, 0) is 49.0 Å². The summed E-state index contributed by atoms with van der Waals surface area (Å²) in [5.74, 6) is 0.406. The van der Waals surface area contributed by atoms with Crippen molar-refractivity contribution in [3.05, 3.63) is 35.9 Å². The van der Waals surface area contributed by atoms with Gasteiger partial charge in [0.2, 0.25) is 0 Å². The zero-order valence-corrected chi connectivity index (χ0v) is 14.8. The maximum absolute atomic E-state index is 12.5. The van der Waals surface area contributed by atoms with Crippen LogP contribution >= 0.6 is 11.3 Å². The average Bonchev–Trinajstić information content (AvgIpc) is 2.98. The number of ether oxygens (including phenoxy) is 1. The van der Waals surface area contributed by atoms with Gasteiger partial charge in [0.15, 0.2) is 0 Å². The predicted molar refractivity (Wildman–Crippen MR) is 99.8 cm³/mol. The van der Waals surface area contributed by atoms with Crippen LogP contribution in [0.25, 0.3) is 10.4 Å². The van der Waals surface area contributed by atoms with E-state index in [1.54, 1.807) is 20.1 Å². The van der Waals surface area contributed by atoms with Crippen molar-refractivity contribution < 1.29 is 14.3 Å². The topological polar surface area (TPSA) is 117 Å². The Balaban J connectivity index is 2.33. The second-order valence-corrected chi connectivity index (χ2v) is 6.44. The van der Waals surface area contributed by atoms with Gasteiger partial charge >= 0.3 is 6.03 Å². The lowest BCUT2D eigenvalue weighted by Gasteiger charge is -2.11. The monoisotopic (exact) mass is 360 g/mol. The molecule has 0 radical (unpaired) electrons. The molecule has 25 heavy (non-hydrogen) atoms. The van der Waals surface area contributed by atoms with Crippen molar-refractivity contribution in [2.45, 2.75) is 19.4 Å². The molecule has 8 heteroatoms. The molecule has 2 aromatic rings. The number of amides is 3. The van der Waals surface area contributed by atoms with Crippen molar-refractivity contribution in [1.82, 2.24) is 5.32 Å². The van der Waals surface area contributed by atoms with Crippen LogP contribution in [-0.4, -0.2) is 31.3 Å². The van der Waals surface area contributed by atoms with Crippen LogP contribution in [0.5, 0.6) is 5.75 Å². The number of benzene rings is 1. The van der Waals surface area contributed by atoms with Gasteiger partial charge in [0.25, 0.3) is 5.91 Å². The third kappa shape index (κ3) is 4.80. The number of anilines is 1. The number of thiophene rings is 1. The average molecular weight is 360 g/mol. The Hall–Kier alpha value is -2.87. The predicted octanol–water partition coefficient (Wildman–Crippen LogP) is 3.07. The van der Waals surface area contributed by atoms with Crippen LogP contribution in [0.3, 0.4) is 0 Å². The number of nitrogens with two attached hydrogens (primary N) is 1. The van der Waals surface area contributed by atoms with Gasteiger partial charge in [-0.1, -0.05) is 0 Å². The molecule has 0 aliphatic rings. The highest BCUT2D eigenvalue weighted by Crippen LogP contribution is 2.36. The Kier molecular flexibility index (Phi) is 6.13. The first-order valence-corrected chi connectivity index (χ1v) is 8.40. The molecule has 1 heterocycles. The number of rotatable bonds is 7. The summed E-state index contributed by atoms with van der Waals surface area (Å²) < 4.78 is 5.14. The summed E-state index contributed by atoms with van der Waals surface area (Å²) in [5, 5.41) is 12.8. The van der Waals surface area contributed by atoms with E-state index in [2.05, 4.69) is 10.6 Å². The molecular formula is C17H20N4O3S. The summed E-state index contributed by atoms with van der Waals surface area (Å²) in [5.41, 5.74) is 6.44. The minimum Gasteiger partial charge on any atom is -0.497 e. The fourth-order valence-electron chi connectivity index (χ4n) is 2.20. The highest BCUT2D eigenvalue weighted by atomic mass is 32.1. The molecule has 7 nitrogen and oxygen atoms in total. The summed E-state index contributed by atoms with van der Waals surface area (Å²) in [6.07, 6.45) is 1.67. The summed E-state index contributed by atoms with van der Waals surface area (Å²) in [6.45, 7) is 1.81. The van der Waals surface area contributed by atoms with Gasteiger partial charge in [-0.15, -0.1) is 11.3 Å². The lowest BCUT2D eigenvalue weighted by molar-refractivity contribution is 0.0942. The second kappa shape index (κ2) is 8.29. The number of nitrogens with one attached hydrogen (secondary N) is 3. The molecule has 0 bridgehead atoms. The number of primary amides is 1. The van der Waals surface area contributed by atoms with Gasteiger partial charge in [0.05, 0.1) is 12.7 Å². The van der Waals surface area contributed by atoms with E-state index >= 15 is 0 Å². The van der Waals surface area contributed by atoms with Crippen molar-refractivity contribution in [3.8, 4) is 16.2 Å². The van der Waals surface area contributed by atoms with E-state index in [0.717, 1.165) is 16.2 Å². The van der Waals surface area contributed by atoms with Crippen molar-refractivity contribution in [1.29, 1.82) is 5.41 Å². The number of methoxy groups -OCH3 is 1. The largest absolute Gasteiger partial charge is 0.497 e. The van der Waals surface area contributed by atoms with Crippen molar-refractivity contribution in [2.75, 3.05) is 12.4 Å². The summed E-state index contributed by atoms with van der Waals surface area (Å²) in [7, 11) is 1.59. The maximum atomic E-state index is 12.5. The zero-order valence-electron chi connectivity index (χ0n) is 14.0. The Bertz CT molecular complexity index is 771. The second-order valence-electron chi connectivity index (χ2n) is 5.39. The van der Waals surface area contributed by atoms with Crippen LogP contribution in [0, 0.1) is 5.41 Å². The molecule has 0 saturated carbocycles. The zero-order chi connectivity index (χ0) is 18.4. The molecule has 1 aromatic carbocycles. The standard InChI is InChI=1S/C17H20N4O3S/c1-10(7-8-18)20-15(22)13-9-14(25-16(13)21-17(19)23)11-3-5-12(24-2)6-4-11/h3-6,8-10,18H,7H2,1-2H3,(H,20,22)(H3,19,21,23)/t10-/m1/s1.